The van der Waals surface area contributed by atoms with Crippen LogP contribution in [0.1, 0.15) is 32.1 Å². The van der Waals surface area contributed by atoms with Crippen molar-refractivity contribution in [2.24, 2.45) is 0 Å². The summed E-state index contributed by atoms with van der Waals surface area (Å²) < 4.78 is 0. The summed E-state index contributed by atoms with van der Waals surface area (Å²) in [6.07, 6.45) is 0.697. The summed E-state index contributed by atoms with van der Waals surface area (Å²) in [5, 5.41) is 5.73. The maximum Gasteiger partial charge on any atom is 0.432 e. The second-order valence-electron chi connectivity index (χ2n) is 4.48. The molecule has 19 heavy (non-hydrogen) atoms. The van der Waals surface area contributed by atoms with Crippen molar-refractivity contribution >= 4 is 23.8 Å². The van der Waals surface area contributed by atoms with Gasteiger partial charge in [-0.25, -0.2) is 4.79 Å². The number of amides is 4. The maximum absolute atomic E-state index is 11.6. The van der Waals surface area contributed by atoms with Gasteiger partial charge < -0.3 is 15.5 Å². The van der Waals surface area contributed by atoms with Gasteiger partial charge >= 0.3 is 6.09 Å². The van der Waals surface area contributed by atoms with Gasteiger partial charge in [-0.2, -0.15) is 0 Å². The lowest BCUT2D eigenvalue weighted by molar-refractivity contribution is -0.171. The maximum atomic E-state index is 11.6. The summed E-state index contributed by atoms with van der Waals surface area (Å²) in [5.74, 6) is -1.08. The van der Waals surface area contributed by atoms with E-state index in [1.165, 1.54) is 0 Å². The molecule has 2 fully saturated rings. The smallest absolute Gasteiger partial charge is 0.356 e. The molecule has 8 heteroatoms. The van der Waals surface area contributed by atoms with Crippen LogP contribution in [0.2, 0.25) is 0 Å². The number of rotatable bonds is 2. The molecule has 2 rings (SSSR count). The minimum Gasteiger partial charge on any atom is -0.356 e. The molecule has 2 N–H and O–H groups in total. The largest absolute Gasteiger partial charge is 0.432 e. The number of hydroxylamine groups is 2. The van der Waals surface area contributed by atoms with Crippen LogP contribution in [0.25, 0.3) is 0 Å². The monoisotopic (exact) mass is 269 g/mol. The van der Waals surface area contributed by atoms with Crippen molar-refractivity contribution in [2.75, 3.05) is 6.54 Å². The fourth-order valence-corrected chi connectivity index (χ4v) is 2.00. The molecular weight excluding hydrogens is 254 g/mol. The molecule has 0 aromatic heterocycles. The normalized spacial score (nSPS) is 23.9. The molecule has 0 bridgehead atoms. The first-order valence-electron chi connectivity index (χ1n) is 6.17. The number of carbonyl (C=O) groups excluding carboxylic acids is 4. The number of nitrogens with zero attached hydrogens (tertiary/aromatic N) is 1. The van der Waals surface area contributed by atoms with Crippen LogP contribution < -0.4 is 10.6 Å². The van der Waals surface area contributed by atoms with E-state index in [9.17, 15) is 19.2 Å². The quantitative estimate of drug-likeness (QED) is 0.654. The van der Waals surface area contributed by atoms with Crippen molar-refractivity contribution in [1.29, 1.82) is 0 Å². The SMILES string of the molecule is O=C1CC[C@@H](NC(=O)ON2C(=O)CCC2=O)CCN1. The molecule has 2 aliphatic rings. The highest BCUT2D eigenvalue weighted by atomic mass is 16.7. The molecular formula is C11H15N3O5. The van der Waals surface area contributed by atoms with Crippen LogP contribution in [0, 0.1) is 0 Å². The van der Waals surface area contributed by atoms with Gasteiger partial charge in [0.2, 0.25) is 5.91 Å². The molecule has 1 atom stereocenters. The zero-order chi connectivity index (χ0) is 13.8. The van der Waals surface area contributed by atoms with Crippen LogP contribution >= 0.6 is 0 Å². The third-order valence-corrected chi connectivity index (χ3v) is 3.04. The van der Waals surface area contributed by atoms with Crippen LogP contribution in [0.4, 0.5) is 4.79 Å². The van der Waals surface area contributed by atoms with Crippen LogP contribution in [-0.4, -0.2) is 41.5 Å². The predicted octanol–water partition coefficient (Wildman–Crippen LogP) is -0.555. The van der Waals surface area contributed by atoms with E-state index in [0.717, 1.165) is 0 Å². The Hall–Kier alpha value is -2.12. The molecule has 0 saturated carbocycles. The van der Waals surface area contributed by atoms with Gasteiger partial charge in [0.25, 0.3) is 11.8 Å². The first kappa shape index (κ1) is 13.3. The molecule has 0 aliphatic carbocycles. The molecule has 104 valence electrons. The molecule has 2 heterocycles. The zero-order valence-corrected chi connectivity index (χ0v) is 10.3. The van der Waals surface area contributed by atoms with Crippen molar-refractivity contribution in [3.8, 4) is 0 Å². The Morgan fingerprint density at radius 2 is 1.84 bits per heavy atom. The minimum absolute atomic E-state index is 0.0532. The molecule has 8 nitrogen and oxygen atoms in total. The standard InChI is InChI=1S/C11H15N3O5/c15-8-2-1-7(5-6-12-8)13-11(18)19-14-9(16)3-4-10(14)17/h7H,1-6H2,(H,12,15)(H,13,18)/t7-/m1/s1. The van der Waals surface area contributed by atoms with Crippen LogP contribution in [0.5, 0.6) is 0 Å². The van der Waals surface area contributed by atoms with Crippen molar-refractivity contribution in [1.82, 2.24) is 15.7 Å². The van der Waals surface area contributed by atoms with Crippen molar-refractivity contribution < 1.29 is 24.0 Å². The Kier molecular flexibility index (Phi) is 3.98. The summed E-state index contributed by atoms with van der Waals surface area (Å²) in [7, 11) is 0. The minimum atomic E-state index is -0.844. The van der Waals surface area contributed by atoms with Crippen LogP contribution in [-0.2, 0) is 19.2 Å². The lowest BCUT2D eigenvalue weighted by atomic mass is 10.1. The second kappa shape index (κ2) is 5.68. The number of hydrogen-bond acceptors (Lipinski definition) is 5. The van der Waals surface area contributed by atoms with Gasteiger partial charge in [0.1, 0.15) is 0 Å². The van der Waals surface area contributed by atoms with E-state index in [-0.39, 0.29) is 24.8 Å². The summed E-state index contributed by atoms with van der Waals surface area (Å²) in [6.45, 7) is 0.478. The number of nitrogens with one attached hydrogen (secondary N) is 2. The molecule has 0 radical (unpaired) electrons. The summed E-state index contributed by atoms with van der Waals surface area (Å²) in [6, 6.07) is -0.209. The first-order chi connectivity index (χ1) is 9.06. The Morgan fingerprint density at radius 1 is 1.16 bits per heavy atom. The molecule has 0 unspecified atom stereocenters. The van der Waals surface area contributed by atoms with E-state index in [1.54, 1.807) is 0 Å². The van der Waals surface area contributed by atoms with Crippen molar-refractivity contribution in [3.63, 3.8) is 0 Å². The molecule has 2 aliphatic heterocycles. The van der Waals surface area contributed by atoms with Gasteiger partial charge in [-0.3, -0.25) is 14.4 Å². The average molecular weight is 269 g/mol. The molecule has 2 saturated heterocycles. The Bertz CT molecular complexity index is 407. The molecule has 0 spiro atoms. The third kappa shape index (κ3) is 3.43. The van der Waals surface area contributed by atoms with Gasteiger partial charge in [-0.05, 0) is 12.8 Å². The lowest BCUT2D eigenvalue weighted by Crippen LogP contribution is -2.41. The van der Waals surface area contributed by atoms with E-state index < -0.39 is 17.9 Å². The Labute approximate surface area is 109 Å². The van der Waals surface area contributed by atoms with Gasteiger partial charge in [0, 0.05) is 31.8 Å². The molecule has 4 amide bonds. The van der Waals surface area contributed by atoms with E-state index >= 15 is 0 Å². The summed E-state index contributed by atoms with van der Waals surface area (Å²) in [5.41, 5.74) is 0. The zero-order valence-electron chi connectivity index (χ0n) is 10.3. The first-order valence-corrected chi connectivity index (χ1v) is 6.17. The van der Waals surface area contributed by atoms with Crippen LogP contribution in [0.15, 0.2) is 0 Å². The number of carbonyl (C=O) groups is 4. The highest BCUT2D eigenvalue weighted by Crippen LogP contribution is 2.12. The number of imide groups is 1. The molecule has 0 aromatic carbocycles. The summed E-state index contributed by atoms with van der Waals surface area (Å²) in [4.78, 5) is 49.9. The molecule has 0 aromatic rings. The van der Waals surface area contributed by atoms with Gasteiger partial charge in [-0.1, -0.05) is 0 Å². The fraction of sp³-hybridized carbons (Fsp3) is 0.636. The Balaban J connectivity index is 1.82. The topological polar surface area (TPSA) is 105 Å². The van der Waals surface area contributed by atoms with E-state index in [0.29, 0.717) is 30.9 Å². The van der Waals surface area contributed by atoms with E-state index in [4.69, 9.17) is 0 Å². The predicted molar refractivity (Wildman–Crippen MR) is 61.4 cm³/mol. The average Bonchev–Trinajstić information content (AvgIpc) is 2.57. The fourth-order valence-electron chi connectivity index (χ4n) is 2.00. The highest BCUT2D eigenvalue weighted by molar-refractivity contribution is 6.01. The van der Waals surface area contributed by atoms with E-state index in [1.807, 2.05) is 0 Å². The highest BCUT2D eigenvalue weighted by Gasteiger charge is 2.33. The summed E-state index contributed by atoms with van der Waals surface area (Å²) >= 11 is 0. The van der Waals surface area contributed by atoms with Gasteiger partial charge in [0.15, 0.2) is 0 Å². The van der Waals surface area contributed by atoms with E-state index in [2.05, 4.69) is 15.5 Å². The van der Waals surface area contributed by atoms with Crippen LogP contribution in [0.3, 0.4) is 0 Å². The van der Waals surface area contributed by atoms with Gasteiger partial charge in [-0.15, -0.1) is 5.06 Å². The third-order valence-electron chi connectivity index (χ3n) is 3.04. The second-order valence-corrected chi connectivity index (χ2v) is 4.48. The number of hydrogen-bond donors (Lipinski definition) is 2. The Morgan fingerprint density at radius 3 is 2.53 bits per heavy atom. The lowest BCUT2D eigenvalue weighted by Gasteiger charge is -2.17. The van der Waals surface area contributed by atoms with Gasteiger partial charge in [0.05, 0.1) is 0 Å². The van der Waals surface area contributed by atoms with Crippen molar-refractivity contribution in [3.05, 3.63) is 0 Å². The van der Waals surface area contributed by atoms with Crippen molar-refractivity contribution in [2.45, 2.75) is 38.1 Å².